The molecule has 1 N–H and O–H groups in total. The first-order chi connectivity index (χ1) is 11.0. The second-order valence-corrected chi connectivity index (χ2v) is 6.93. The fraction of sp³-hybridized carbons (Fsp3) is 0.263. The number of carbonyl (C=O) groups excluding carboxylic acids is 2. The van der Waals surface area contributed by atoms with Gasteiger partial charge in [0, 0.05) is 22.6 Å². The maximum Gasteiger partial charge on any atom is 0.224 e. The summed E-state index contributed by atoms with van der Waals surface area (Å²) in [6, 6.07) is 11.8. The predicted octanol–water partition coefficient (Wildman–Crippen LogP) is 4.16. The van der Waals surface area contributed by atoms with Crippen molar-refractivity contribution in [2.24, 2.45) is 0 Å². The molecule has 23 heavy (non-hydrogen) atoms. The van der Waals surface area contributed by atoms with Crippen LogP contribution in [0.25, 0.3) is 0 Å². The number of hydrogen-bond donors (Lipinski definition) is 1. The Balaban J connectivity index is 1.68. The molecule has 0 spiro atoms. The molecule has 1 heterocycles. The number of Topliss-reactive ketones (excluding diaryl/α,β-unsaturated/α-hetero) is 1. The zero-order valence-electron chi connectivity index (χ0n) is 13.3. The van der Waals surface area contributed by atoms with Crippen LogP contribution in [0.1, 0.15) is 33.5 Å². The second-order valence-electron chi connectivity index (χ2n) is 5.88. The van der Waals surface area contributed by atoms with E-state index in [1.165, 1.54) is 11.1 Å². The summed E-state index contributed by atoms with van der Waals surface area (Å²) in [6.07, 6.45) is 1.19. The highest BCUT2D eigenvalue weighted by atomic mass is 32.2. The zero-order chi connectivity index (χ0) is 16.4. The summed E-state index contributed by atoms with van der Waals surface area (Å²) in [5.74, 6) is 0.586. The second kappa shape index (κ2) is 6.59. The van der Waals surface area contributed by atoms with E-state index in [2.05, 4.69) is 37.4 Å². The summed E-state index contributed by atoms with van der Waals surface area (Å²) >= 11 is 1.56. The number of rotatable bonds is 4. The van der Waals surface area contributed by atoms with E-state index in [1.807, 2.05) is 12.1 Å². The Labute approximate surface area is 140 Å². The van der Waals surface area contributed by atoms with E-state index >= 15 is 0 Å². The van der Waals surface area contributed by atoms with Crippen molar-refractivity contribution in [1.82, 2.24) is 0 Å². The van der Waals surface area contributed by atoms with E-state index in [9.17, 15) is 9.59 Å². The molecule has 3 nitrogen and oxygen atoms in total. The standard InChI is InChI=1S/C19H19NO2S/c1-12-3-6-16(9-13(12)2)23-11-18(21)15-4-7-17-14(10-15)5-8-19(22)20-17/h3-4,6-7,9-10H,5,8,11H2,1-2H3,(H,20,22). The summed E-state index contributed by atoms with van der Waals surface area (Å²) < 4.78 is 0. The predicted molar refractivity (Wildman–Crippen MR) is 94.4 cm³/mol. The molecule has 1 aliphatic rings. The number of ketones is 1. The summed E-state index contributed by atoms with van der Waals surface area (Å²) in [7, 11) is 0. The number of carbonyl (C=O) groups is 2. The van der Waals surface area contributed by atoms with E-state index < -0.39 is 0 Å². The van der Waals surface area contributed by atoms with Gasteiger partial charge in [-0.1, -0.05) is 6.07 Å². The monoisotopic (exact) mass is 325 g/mol. The number of benzene rings is 2. The topological polar surface area (TPSA) is 46.2 Å². The SMILES string of the molecule is Cc1ccc(SCC(=O)c2ccc3c(c2)CCC(=O)N3)cc1C. The molecule has 0 unspecified atom stereocenters. The smallest absolute Gasteiger partial charge is 0.224 e. The van der Waals surface area contributed by atoms with Crippen LogP contribution in [0.5, 0.6) is 0 Å². The highest BCUT2D eigenvalue weighted by molar-refractivity contribution is 8.00. The van der Waals surface area contributed by atoms with E-state index in [0.29, 0.717) is 18.6 Å². The minimum absolute atomic E-state index is 0.0434. The quantitative estimate of drug-likeness (QED) is 0.678. The molecule has 0 bridgehead atoms. The molecular weight excluding hydrogens is 306 g/mol. The lowest BCUT2D eigenvalue weighted by molar-refractivity contribution is -0.116. The van der Waals surface area contributed by atoms with Gasteiger partial charge in [0.25, 0.3) is 0 Å². The molecule has 0 radical (unpaired) electrons. The van der Waals surface area contributed by atoms with Crippen molar-refractivity contribution < 1.29 is 9.59 Å². The van der Waals surface area contributed by atoms with Gasteiger partial charge in [-0.2, -0.15) is 0 Å². The van der Waals surface area contributed by atoms with E-state index in [1.54, 1.807) is 17.8 Å². The Morgan fingerprint density at radius 2 is 1.91 bits per heavy atom. The minimum Gasteiger partial charge on any atom is -0.326 e. The molecule has 118 valence electrons. The van der Waals surface area contributed by atoms with Crippen LogP contribution in [0.2, 0.25) is 0 Å². The van der Waals surface area contributed by atoms with Crippen molar-refractivity contribution in [3.8, 4) is 0 Å². The minimum atomic E-state index is 0.0434. The number of amides is 1. The third-order valence-corrected chi connectivity index (χ3v) is 5.16. The number of aryl methyl sites for hydroxylation is 3. The largest absolute Gasteiger partial charge is 0.326 e. The van der Waals surface area contributed by atoms with Crippen LogP contribution in [0.15, 0.2) is 41.3 Å². The van der Waals surface area contributed by atoms with Gasteiger partial charge in [0.1, 0.15) is 0 Å². The average molecular weight is 325 g/mol. The fourth-order valence-electron chi connectivity index (χ4n) is 2.59. The molecule has 1 amide bonds. The molecule has 0 saturated carbocycles. The zero-order valence-corrected chi connectivity index (χ0v) is 14.1. The molecule has 1 aliphatic heterocycles. The third-order valence-electron chi connectivity index (χ3n) is 4.17. The third kappa shape index (κ3) is 3.64. The Kier molecular flexibility index (Phi) is 4.53. The van der Waals surface area contributed by atoms with Crippen LogP contribution in [-0.2, 0) is 11.2 Å². The van der Waals surface area contributed by atoms with Crippen molar-refractivity contribution in [3.05, 3.63) is 58.7 Å². The lowest BCUT2D eigenvalue weighted by Crippen LogP contribution is -2.19. The highest BCUT2D eigenvalue weighted by Crippen LogP contribution is 2.26. The van der Waals surface area contributed by atoms with Crippen LogP contribution in [0.4, 0.5) is 5.69 Å². The lowest BCUT2D eigenvalue weighted by Gasteiger charge is -2.17. The normalized spacial score (nSPS) is 13.4. The van der Waals surface area contributed by atoms with E-state index in [0.717, 1.165) is 21.7 Å². The Hall–Kier alpha value is -2.07. The first-order valence-corrected chi connectivity index (χ1v) is 8.67. The van der Waals surface area contributed by atoms with Gasteiger partial charge in [0.15, 0.2) is 5.78 Å². The Bertz CT molecular complexity index is 783. The van der Waals surface area contributed by atoms with Gasteiger partial charge in [0.05, 0.1) is 5.75 Å². The average Bonchev–Trinajstić information content (AvgIpc) is 2.55. The number of nitrogens with one attached hydrogen (secondary N) is 1. The molecular formula is C19H19NO2S. The molecule has 0 atom stereocenters. The summed E-state index contributed by atoms with van der Waals surface area (Å²) in [4.78, 5) is 24.9. The first kappa shape index (κ1) is 15.8. The first-order valence-electron chi connectivity index (χ1n) is 7.69. The van der Waals surface area contributed by atoms with Gasteiger partial charge >= 0.3 is 0 Å². The van der Waals surface area contributed by atoms with Crippen molar-refractivity contribution in [3.63, 3.8) is 0 Å². The molecule has 0 fully saturated rings. The van der Waals surface area contributed by atoms with Crippen molar-refractivity contribution in [2.75, 3.05) is 11.1 Å². The van der Waals surface area contributed by atoms with Crippen molar-refractivity contribution in [2.45, 2.75) is 31.6 Å². The molecule has 4 heteroatoms. The fourth-order valence-corrected chi connectivity index (χ4v) is 3.48. The summed E-state index contributed by atoms with van der Waals surface area (Å²) in [6.45, 7) is 4.17. The maximum absolute atomic E-state index is 12.4. The number of fused-ring (bicyclic) bond motifs is 1. The number of anilines is 1. The van der Waals surface area contributed by atoms with Crippen LogP contribution in [-0.4, -0.2) is 17.4 Å². The van der Waals surface area contributed by atoms with Gasteiger partial charge in [-0.15, -0.1) is 11.8 Å². The Morgan fingerprint density at radius 3 is 2.70 bits per heavy atom. The van der Waals surface area contributed by atoms with Gasteiger partial charge < -0.3 is 5.32 Å². The lowest BCUT2D eigenvalue weighted by atomic mass is 9.99. The van der Waals surface area contributed by atoms with E-state index in [4.69, 9.17) is 0 Å². The molecule has 0 aromatic heterocycles. The molecule has 2 aromatic rings. The molecule has 2 aromatic carbocycles. The van der Waals surface area contributed by atoms with Crippen LogP contribution in [0.3, 0.4) is 0 Å². The molecule has 0 saturated heterocycles. The van der Waals surface area contributed by atoms with Crippen LogP contribution < -0.4 is 5.32 Å². The van der Waals surface area contributed by atoms with Crippen molar-refractivity contribution in [1.29, 1.82) is 0 Å². The summed E-state index contributed by atoms with van der Waals surface area (Å²) in [5.41, 5.74) is 5.10. The van der Waals surface area contributed by atoms with Gasteiger partial charge in [-0.25, -0.2) is 0 Å². The molecule has 3 rings (SSSR count). The van der Waals surface area contributed by atoms with Gasteiger partial charge in [-0.05, 0) is 67.3 Å². The van der Waals surface area contributed by atoms with Gasteiger partial charge in [0.2, 0.25) is 5.91 Å². The number of hydrogen-bond acceptors (Lipinski definition) is 3. The van der Waals surface area contributed by atoms with Crippen LogP contribution in [0, 0.1) is 13.8 Å². The highest BCUT2D eigenvalue weighted by Gasteiger charge is 2.16. The van der Waals surface area contributed by atoms with Gasteiger partial charge in [-0.3, -0.25) is 9.59 Å². The summed E-state index contributed by atoms with van der Waals surface area (Å²) in [5, 5.41) is 2.84. The van der Waals surface area contributed by atoms with Crippen LogP contribution >= 0.6 is 11.8 Å². The van der Waals surface area contributed by atoms with E-state index in [-0.39, 0.29) is 11.7 Å². The Morgan fingerprint density at radius 1 is 1.09 bits per heavy atom. The maximum atomic E-state index is 12.4. The molecule has 0 aliphatic carbocycles. The number of thioether (sulfide) groups is 1. The van der Waals surface area contributed by atoms with Crippen molar-refractivity contribution >= 4 is 29.1 Å².